The molecule has 0 spiro atoms. The second-order valence-electron chi connectivity index (χ2n) is 16.4. The number of hydrogen-bond acceptors (Lipinski definition) is 3. The zero-order valence-electron chi connectivity index (χ0n) is 25.2. The van der Waals surface area contributed by atoms with E-state index < -0.39 is 27.9 Å². The number of ether oxygens (including phenoxy) is 3. The molecule has 4 saturated carbocycles. The van der Waals surface area contributed by atoms with E-state index in [9.17, 15) is 0 Å². The number of hydrogen-bond donors (Lipinski definition) is 0. The Morgan fingerprint density at radius 3 is 2.08 bits per heavy atom. The zero-order valence-corrected chi connectivity index (χ0v) is 27.5. The minimum atomic E-state index is -0.657. The van der Waals surface area contributed by atoms with Crippen LogP contribution < -0.4 is 0 Å². The summed E-state index contributed by atoms with van der Waals surface area (Å²) < 4.78 is 20.8. The predicted molar refractivity (Wildman–Crippen MR) is 161 cm³/mol. The highest BCUT2D eigenvalue weighted by Crippen LogP contribution is 2.74. The van der Waals surface area contributed by atoms with Gasteiger partial charge in [-0.2, -0.15) is 0 Å². The van der Waals surface area contributed by atoms with Crippen LogP contribution in [0.2, 0.25) is 0 Å². The Labute approximate surface area is 235 Å². The first-order chi connectivity index (χ1) is 17.3. The lowest BCUT2D eigenvalue weighted by Gasteiger charge is -2.76. The van der Waals surface area contributed by atoms with Gasteiger partial charge in [0.25, 0.3) is 0 Å². The molecule has 4 heterocycles. The Bertz CT molecular complexity index is 1210. The number of benzene rings is 1. The van der Waals surface area contributed by atoms with Gasteiger partial charge >= 0.3 is 0 Å². The molecule has 11 unspecified atom stereocenters. The molecule has 8 bridgehead atoms. The van der Waals surface area contributed by atoms with Crippen LogP contribution in [0.15, 0.2) is 18.2 Å². The monoisotopic (exact) mass is 556 g/mol. The normalized spacial score (nSPS) is 56.6. The van der Waals surface area contributed by atoms with Gasteiger partial charge in [-0.15, -0.1) is 18.5 Å². The van der Waals surface area contributed by atoms with E-state index in [0.29, 0.717) is 0 Å². The first kappa shape index (κ1) is 26.8. The summed E-state index contributed by atoms with van der Waals surface area (Å²) in [5, 5.41) is -0.215. The molecule has 9 rings (SSSR count). The average Bonchev–Trinajstić information content (AvgIpc) is 2.77. The van der Waals surface area contributed by atoms with Gasteiger partial charge in [-0.3, -0.25) is 0 Å². The highest BCUT2D eigenvalue weighted by Gasteiger charge is 2.80. The fourth-order valence-corrected chi connectivity index (χ4v) is 12.5. The van der Waals surface area contributed by atoms with Gasteiger partial charge in [0.15, 0.2) is 11.6 Å². The van der Waals surface area contributed by atoms with Gasteiger partial charge < -0.3 is 14.2 Å². The maximum absolute atomic E-state index is 7.11. The van der Waals surface area contributed by atoms with Crippen LogP contribution in [0.5, 0.6) is 0 Å². The Hall–Kier alpha value is -0.0400. The molecule has 4 aliphatic carbocycles. The first-order valence-electron chi connectivity index (χ1n) is 15.2. The van der Waals surface area contributed by atoms with E-state index >= 15 is 0 Å². The van der Waals surface area contributed by atoms with Crippen molar-refractivity contribution >= 4 is 18.5 Å². The minimum absolute atomic E-state index is 0.0721. The van der Waals surface area contributed by atoms with Crippen molar-refractivity contribution in [3.05, 3.63) is 34.9 Å². The van der Waals surface area contributed by atoms with E-state index in [4.69, 9.17) is 14.2 Å². The summed E-state index contributed by atoms with van der Waals surface area (Å²) in [4.78, 5) is 0. The van der Waals surface area contributed by atoms with Gasteiger partial charge in [0.1, 0.15) is 0 Å². The molecular weight excluding hydrogens is 506 g/mol. The summed E-state index contributed by atoms with van der Waals surface area (Å²) in [5.41, 5.74) is 3.82. The maximum Gasteiger partial charge on any atom is 0.175 e. The smallest absolute Gasteiger partial charge is 0.175 e. The quantitative estimate of drug-likeness (QED) is 0.348. The molecule has 0 amide bonds. The third-order valence-electron chi connectivity index (χ3n) is 13.0. The minimum Gasteiger partial charge on any atom is -0.342 e. The van der Waals surface area contributed by atoms with E-state index in [1.807, 2.05) is 0 Å². The molecule has 4 aliphatic heterocycles. The topological polar surface area (TPSA) is 27.7 Å². The van der Waals surface area contributed by atoms with E-state index in [1.165, 1.54) is 43.2 Å². The Kier molecular flexibility index (Phi) is 5.15. The predicted octanol–water partition coefficient (Wildman–Crippen LogP) is 7.83. The second kappa shape index (κ2) is 7.29. The molecule has 0 aromatic heterocycles. The van der Waals surface area contributed by atoms with Crippen molar-refractivity contribution in [2.24, 2.45) is 23.7 Å². The van der Waals surface area contributed by atoms with Gasteiger partial charge in [0.05, 0.1) is 16.4 Å². The Balaban J connectivity index is 1.51. The van der Waals surface area contributed by atoms with Crippen molar-refractivity contribution in [3.63, 3.8) is 0 Å². The molecule has 5 heteroatoms. The van der Waals surface area contributed by atoms with Crippen LogP contribution >= 0.6 is 18.5 Å². The summed E-state index contributed by atoms with van der Waals surface area (Å²) in [6.07, 6.45) is 7.60. The highest BCUT2D eigenvalue weighted by atomic mass is 31.0. The lowest BCUT2D eigenvalue weighted by molar-refractivity contribution is -0.542. The van der Waals surface area contributed by atoms with Crippen LogP contribution in [0.3, 0.4) is 0 Å². The van der Waals surface area contributed by atoms with Crippen LogP contribution in [0.25, 0.3) is 0 Å². The Morgan fingerprint density at radius 1 is 0.842 bits per heavy atom. The molecule has 1 aromatic carbocycles. The molecule has 11 atom stereocenters. The lowest BCUT2D eigenvalue weighted by atomic mass is 9.42. The van der Waals surface area contributed by atoms with Gasteiger partial charge in [-0.25, -0.2) is 0 Å². The highest BCUT2D eigenvalue weighted by molar-refractivity contribution is 7.19. The molecule has 210 valence electrons. The summed E-state index contributed by atoms with van der Waals surface area (Å²) in [5.74, 6) is 1.28. The SMILES string of the molecule is CC1C2(C)OC3(C)CC(C)(O2)C(P)(c2ccc(C(C)(C)C)cc2C24CC5CC(CC(C5)C2(C)P)C4)C1(C)O3. The average molecular weight is 557 g/mol. The fraction of sp³-hybridized carbons (Fsp3) is 0.818. The van der Waals surface area contributed by atoms with Crippen LogP contribution in [0.4, 0.5) is 0 Å². The van der Waals surface area contributed by atoms with Crippen LogP contribution in [0.1, 0.15) is 118 Å². The largest absolute Gasteiger partial charge is 0.342 e. The molecular formula is C33H50O3P2. The van der Waals surface area contributed by atoms with Crippen molar-refractivity contribution in [2.75, 3.05) is 0 Å². The van der Waals surface area contributed by atoms with E-state index in [2.05, 4.69) is 99.0 Å². The summed E-state index contributed by atoms with van der Waals surface area (Å²) in [6.45, 7) is 20.9. The molecule has 0 radical (unpaired) electrons. The van der Waals surface area contributed by atoms with Crippen molar-refractivity contribution < 1.29 is 14.2 Å². The van der Waals surface area contributed by atoms with E-state index in [0.717, 1.165) is 24.2 Å². The molecule has 8 aliphatic rings. The van der Waals surface area contributed by atoms with Gasteiger partial charge in [-0.05, 0) is 105 Å². The number of rotatable bonds is 2. The fourth-order valence-electron chi connectivity index (χ4n) is 11.1. The van der Waals surface area contributed by atoms with Gasteiger partial charge in [-0.1, -0.05) is 52.8 Å². The molecule has 4 saturated heterocycles. The molecule has 8 fully saturated rings. The van der Waals surface area contributed by atoms with Crippen molar-refractivity contribution in [1.29, 1.82) is 0 Å². The standard InChI is InChI=1S/C33H50O3P2/c1-19-29(7)33(38,27(5)18-28(6,35-29)36-31(19,9)34-27)24-11-10-22(26(2,3)4)15-25(24)32-16-20-12-21(17-32)14-23(13-20)30(32,8)37/h10-11,15,19-21,23H,12-14,16-18,37-38H2,1-9H3. The second-order valence-corrected chi connectivity index (χ2v) is 18.5. The zero-order chi connectivity index (χ0) is 27.5. The molecule has 0 N–H and O–H groups in total. The summed E-state index contributed by atoms with van der Waals surface area (Å²) in [7, 11) is 6.83. The van der Waals surface area contributed by atoms with Gasteiger partial charge in [0, 0.05) is 17.8 Å². The van der Waals surface area contributed by atoms with E-state index in [1.54, 1.807) is 5.56 Å². The third-order valence-corrected chi connectivity index (χ3v) is 15.6. The van der Waals surface area contributed by atoms with Crippen molar-refractivity contribution in [3.8, 4) is 0 Å². The molecule has 3 nitrogen and oxygen atoms in total. The summed E-state index contributed by atoms with van der Waals surface area (Å²) in [6, 6.07) is 7.54. The van der Waals surface area contributed by atoms with Crippen LogP contribution in [0, 0.1) is 23.7 Å². The maximum atomic E-state index is 7.11. The van der Waals surface area contributed by atoms with Gasteiger partial charge in [0.2, 0.25) is 0 Å². The lowest BCUT2D eigenvalue weighted by Crippen LogP contribution is -2.85. The molecule has 1 aromatic rings. The third kappa shape index (κ3) is 2.95. The van der Waals surface area contributed by atoms with Crippen molar-refractivity contribution in [1.82, 2.24) is 0 Å². The van der Waals surface area contributed by atoms with Crippen LogP contribution in [-0.4, -0.2) is 27.9 Å². The van der Waals surface area contributed by atoms with E-state index in [-0.39, 0.29) is 21.9 Å². The first-order valence-corrected chi connectivity index (χ1v) is 16.3. The van der Waals surface area contributed by atoms with Crippen LogP contribution in [-0.2, 0) is 30.2 Å². The Morgan fingerprint density at radius 2 is 1.47 bits per heavy atom. The molecule has 38 heavy (non-hydrogen) atoms. The summed E-state index contributed by atoms with van der Waals surface area (Å²) >= 11 is 0. The van der Waals surface area contributed by atoms with Crippen molar-refractivity contribution in [2.45, 2.75) is 145 Å².